The Morgan fingerprint density at radius 2 is 2.07 bits per heavy atom. The monoisotopic (exact) mass is 215 g/mol. The first-order valence-corrected chi connectivity index (χ1v) is 5.42. The van der Waals surface area contributed by atoms with Crippen LogP contribution in [0.25, 0.3) is 0 Å². The third kappa shape index (κ3) is 3.38. The summed E-state index contributed by atoms with van der Waals surface area (Å²) in [4.78, 5) is 13.2. The molecule has 1 amide bonds. The number of hydrogen-bond acceptors (Lipinski definition) is 3. The average molecular weight is 215 g/mol. The van der Waals surface area contributed by atoms with Crippen molar-refractivity contribution >= 4 is 6.09 Å². The van der Waals surface area contributed by atoms with E-state index in [0.717, 1.165) is 0 Å². The van der Waals surface area contributed by atoms with Gasteiger partial charge in [-0.15, -0.1) is 0 Å². The number of carbonyl (C=O) groups excluding carboxylic acids is 1. The van der Waals surface area contributed by atoms with Gasteiger partial charge in [0, 0.05) is 19.7 Å². The van der Waals surface area contributed by atoms with E-state index in [0.29, 0.717) is 19.0 Å². The molecule has 0 saturated carbocycles. The van der Waals surface area contributed by atoms with Crippen molar-refractivity contribution in [3.63, 3.8) is 0 Å². The molecule has 0 bridgehead atoms. The summed E-state index contributed by atoms with van der Waals surface area (Å²) in [6, 6.07) is 0. The lowest BCUT2D eigenvalue weighted by Gasteiger charge is -2.42. The van der Waals surface area contributed by atoms with E-state index in [4.69, 9.17) is 9.84 Å². The molecule has 0 aromatic carbocycles. The second-order valence-electron chi connectivity index (χ2n) is 5.31. The van der Waals surface area contributed by atoms with Crippen LogP contribution in [0.3, 0.4) is 0 Å². The molecule has 1 saturated heterocycles. The van der Waals surface area contributed by atoms with Gasteiger partial charge in [-0.05, 0) is 32.6 Å². The summed E-state index contributed by atoms with van der Waals surface area (Å²) in [5.74, 6) is 0.686. The third-order valence-corrected chi connectivity index (χ3v) is 2.65. The van der Waals surface area contributed by atoms with Crippen LogP contribution in [0.4, 0.5) is 4.79 Å². The molecule has 1 rings (SSSR count). The molecule has 0 aromatic rings. The van der Waals surface area contributed by atoms with Crippen LogP contribution in [-0.4, -0.2) is 41.4 Å². The number of aliphatic hydroxyl groups excluding tert-OH is 1. The molecule has 0 aromatic heterocycles. The van der Waals surface area contributed by atoms with E-state index in [1.807, 2.05) is 27.7 Å². The zero-order valence-electron chi connectivity index (χ0n) is 9.99. The van der Waals surface area contributed by atoms with E-state index in [1.165, 1.54) is 0 Å². The summed E-state index contributed by atoms with van der Waals surface area (Å²) in [5.41, 5.74) is -0.426. The van der Waals surface area contributed by atoms with Crippen molar-refractivity contribution in [2.24, 2.45) is 11.8 Å². The zero-order chi connectivity index (χ0) is 11.6. The molecule has 15 heavy (non-hydrogen) atoms. The Labute approximate surface area is 91.2 Å². The summed E-state index contributed by atoms with van der Waals surface area (Å²) in [6.45, 7) is 9.17. The number of aliphatic hydroxyl groups is 1. The van der Waals surface area contributed by atoms with Crippen molar-refractivity contribution < 1.29 is 14.6 Å². The standard InChI is InChI=1S/C11H21NO3/c1-8(7-13)9-5-12(6-9)10(14)15-11(2,3)4/h8-9,13H,5-7H2,1-4H3. The molecule has 88 valence electrons. The van der Waals surface area contributed by atoms with E-state index in [1.54, 1.807) is 4.90 Å². The molecule has 1 heterocycles. The molecule has 0 spiro atoms. The number of rotatable bonds is 2. The minimum Gasteiger partial charge on any atom is -0.444 e. The third-order valence-electron chi connectivity index (χ3n) is 2.65. The molecule has 1 fully saturated rings. The largest absolute Gasteiger partial charge is 0.444 e. The summed E-state index contributed by atoms with van der Waals surface area (Å²) in [5, 5.41) is 8.95. The molecule has 1 unspecified atom stereocenters. The van der Waals surface area contributed by atoms with Gasteiger partial charge in [0.2, 0.25) is 0 Å². The maximum absolute atomic E-state index is 11.5. The van der Waals surface area contributed by atoms with Crippen molar-refractivity contribution in [3.05, 3.63) is 0 Å². The molecular formula is C11H21NO3. The first-order chi connectivity index (χ1) is 6.83. The molecule has 1 N–H and O–H groups in total. The normalized spacial score (nSPS) is 19.7. The Morgan fingerprint density at radius 3 is 2.47 bits per heavy atom. The van der Waals surface area contributed by atoms with Crippen LogP contribution < -0.4 is 0 Å². The molecule has 4 nitrogen and oxygen atoms in total. The number of nitrogens with zero attached hydrogens (tertiary/aromatic N) is 1. The summed E-state index contributed by atoms with van der Waals surface area (Å²) < 4.78 is 5.23. The van der Waals surface area contributed by atoms with Gasteiger partial charge in [0.25, 0.3) is 0 Å². The second kappa shape index (κ2) is 4.39. The van der Waals surface area contributed by atoms with E-state index in [-0.39, 0.29) is 18.6 Å². The van der Waals surface area contributed by atoms with Crippen molar-refractivity contribution in [2.45, 2.75) is 33.3 Å². The summed E-state index contributed by atoms with van der Waals surface area (Å²) >= 11 is 0. The van der Waals surface area contributed by atoms with Crippen LogP contribution in [0.1, 0.15) is 27.7 Å². The van der Waals surface area contributed by atoms with Gasteiger partial charge < -0.3 is 14.7 Å². The molecule has 1 atom stereocenters. The highest BCUT2D eigenvalue weighted by molar-refractivity contribution is 5.69. The predicted molar refractivity (Wildman–Crippen MR) is 57.5 cm³/mol. The fourth-order valence-corrected chi connectivity index (χ4v) is 1.50. The van der Waals surface area contributed by atoms with Gasteiger partial charge in [-0.3, -0.25) is 0 Å². The average Bonchev–Trinajstić information content (AvgIpc) is 1.97. The maximum Gasteiger partial charge on any atom is 0.410 e. The lowest BCUT2D eigenvalue weighted by molar-refractivity contribution is -0.0145. The Bertz CT molecular complexity index is 228. The van der Waals surface area contributed by atoms with Gasteiger partial charge in [0.05, 0.1) is 0 Å². The highest BCUT2D eigenvalue weighted by atomic mass is 16.6. The molecule has 1 aliphatic heterocycles. The van der Waals surface area contributed by atoms with Gasteiger partial charge in [-0.25, -0.2) is 4.79 Å². The first kappa shape index (κ1) is 12.3. The van der Waals surface area contributed by atoms with Crippen LogP contribution in [0.5, 0.6) is 0 Å². The van der Waals surface area contributed by atoms with Crippen LogP contribution in [0.15, 0.2) is 0 Å². The van der Waals surface area contributed by atoms with Gasteiger partial charge in [-0.2, -0.15) is 0 Å². The molecule has 1 aliphatic rings. The minimum atomic E-state index is -0.426. The second-order valence-corrected chi connectivity index (χ2v) is 5.31. The molecule has 0 radical (unpaired) electrons. The molecule has 0 aliphatic carbocycles. The topological polar surface area (TPSA) is 49.8 Å². The highest BCUT2D eigenvalue weighted by Crippen LogP contribution is 2.25. The lowest BCUT2D eigenvalue weighted by atomic mass is 9.88. The van der Waals surface area contributed by atoms with Crippen LogP contribution in [-0.2, 0) is 4.74 Å². The Balaban J connectivity index is 2.30. The lowest BCUT2D eigenvalue weighted by Crippen LogP contribution is -2.54. The fraction of sp³-hybridized carbons (Fsp3) is 0.909. The van der Waals surface area contributed by atoms with Crippen LogP contribution in [0, 0.1) is 11.8 Å². The van der Waals surface area contributed by atoms with Gasteiger partial charge >= 0.3 is 6.09 Å². The van der Waals surface area contributed by atoms with Crippen molar-refractivity contribution in [2.75, 3.05) is 19.7 Å². The van der Waals surface area contributed by atoms with E-state index in [9.17, 15) is 4.79 Å². The quantitative estimate of drug-likeness (QED) is 0.759. The minimum absolute atomic E-state index is 0.187. The number of carbonyl (C=O) groups is 1. The van der Waals surface area contributed by atoms with Gasteiger partial charge in [0.15, 0.2) is 0 Å². The smallest absolute Gasteiger partial charge is 0.410 e. The van der Waals surface area contributed by atoms with Gasteiger partial charge in [-0.1, -0.05) is 6.92 Å². The maximum atomic E-state index is 11.5. The van der Waals surface area contributed by atoms with Crippen molar-refractivity contribution in [1.29, 1.82) is 0 Å². The number of amides is 1. The summed E-state index contributed by atoms with van der Waals surface area (Å²) in [6.07, 6.45) is -0.246. The van der Waals surface area contributed by atoms with E-state index >= 15 is 0 Å². The van der Waals surface area contributed by atoms with Crippen LogP contribution in [0.2, 0.25) is 0 Å². The number of hydrogen-bond donors (Lipinski definition) is 1. The van der Waals surface area contributed by atoms with Gasteiger partial charge in [0.1, 0.15) is 5.60 Å². The Kier molecular flexibility index (Phi) is 3.60. The van der Waals surface area contributed by atoms with E-state index in [2.05, 4.69) is 0 Å². The van der Waals surface area contributed by atoms with Crippen molar-refractivity contribution in [3.8, 4) is 0 Å². The number of likely N-dealkylation sites (tertiary alicyclic amines) is 1. The van der Waals surface area contributed by atoms with Crippen LogP contribution >= 0.6 is 0 Å². The molecular weight excluding hydrogens is 194 g/mol. The predicted octanol–water partition coefficient (Wildman–Crippen LogP) is 1.48. The zero-order valence-corrected chi connectivity index (χ0v) is 9.99. The Hall–Kier alpha value is -0.770. The SMILES string of the molecule is CC(CO)C1CN(C(=O)OC(C)(C)C)C1. The fourth-order valence-electron chi connectivity index (χ4n) is 1.50. The first-order valence-electron chi connectivity index (χ1n) is 5.42. The number of ether oxygens (including phenoxy) is 1. The van der Waals surface area contributed by atoms with E-state index < -0.39 is 5.60 Å². The Morgan fingerprint density at radius 1 is 1.53 bits per heavy atom. The molecule has 4 heteroatoms. The summed E-state index contributed by atoms with van der Waals surface area (Å²) in [7, 11) is 0. The van der Waals surface area contributed by atoms with Crippen molar-refractivity contribution in [1.82, 2.24) is 4.90 Å². The highest BCUT2D eigenvalue weighted by Gasteiger charge is 2.36.